The smallest absolute Gasteiger partial charge is 0.0910 e. The number of aliphatic hydroxyl groups is 1. The molecule has 0 bridgehead atoms. The van der Waals surface area contributed by atoms with Crippen molar-refractivity contribution in [3.05, 3.63) is 11.8 Å². The van der Waals surface area contributed by atoms with Gasteiger partial charge in [0.05, 0.1) is 12.4 Å². The van der Waals surface area contributed by atoms with Crippen molar-refractivity contribution in [2.45, 2.75) is 39.5 Å². The number of ether oxygens (including phenoxy) is 1. The number of rotatable bonds is 2. The second-order valence-corrected chi connectivity index (χ2v) is 5.54. The lowest BCUT2D eigenvalue weighted by Gasteiger charge is -2.39. The lowest BCUT2D eigenvalue weighted by molar-refractivity contribution is 0.0300. The average Bonchev–Trinajstić information content (AvgIpc) is 2.50. The van der Waals surface area contributed by atoms with Crippen LogP contribution in [-0.4, -0.2) is 18.3 Å². The maximum atomic E-state index is 9.35. The Bertz CT molecular complexity index is 259. The largest absolute Gasteiger partial charge is 0.498 e. The summed E-state index contributed by atoms with van der Waals surface area (Å²) in [5.74, 6) is 3.61. The third kappa shape index (κ3) is 2.42. The van der Waals surface area contributed by atoms with E-state index in [-0.39, 0.29) is 0 Å². The summed E-state index contributed by atoms with van der Waals surface area (Å²) in [5.41, 5.74) is 0. The van der Waals surface area contributed by atoms with Crippen molar-refractivity contribution >= 4 is 0 Å². The quantitative estimate of drug-likeness (QED) is 0.781. The molecule has 1 aliphatic heterocycles. The van der Waals surface area contributed by atoms with Crippen molar-refractivity contribution in [1.29, 1.82) is 0 Å². The molecule has 1 aliphatic carbocycles. The first kappa shape index (κ1) is 12.0. The molecule has 4 atom stereocenters. The molecule has 2 aliphatic rings. The molecule has 0 spiro atoms. The summed E-state index contributed by atoms with van der Waals surface area (Å²) in [6.07, 6.45) is 7.35. The van der Waals surface area contributed by atoms with Crippen LogP contribution < -0.4 is 0 Å². The van der Waals surface area contributed by atoms with Crippen molar-refractivity contribution in [3.63, 3.8) is 0 Å². The Morgan fingerprint density at radius 3 is 3.06 bits per heavy atom. The van der Waals surface area contributed by atoms with Crippen molar-refractivity contribution in [1.82, 2.24) is 0 Å². The van der Waals surface area contributed by atoms with Crippen LogP contribution >= 0.6 is 0 Å². The second kappa shape index (κ2) is 5.22. The fraction of sp³-hybridized carbons (Fsp3) is 0.857. The molecule has 0 amide bonds. The van der Waals surface area contributed by atoms with Gasteiger partial charge in [-0.05, 0) is 55.9 Å². The van der Waals surface area contributed by atoms with Gasteiger partial charge in [-0.1, -0.05) is 13.3 Å². The molecule has 0 saturated heterocycles. The van der Waals surface area contributed by atoms with Crippen molar-refractivity contribution < 1.29 is 9.84 Å². The van der Waals surface area contributed by atoms with Gasteiger partial charge in [-0.15, -0.1) is 0 Å². The molecule has 1 saturated carbocycles. The van der Waals surface area contributed by atoms with Crippen molar-refractivity contribution in [3.8, 4) is 0 Å². The fourth-order valence-electron chi connectivity index (χ4n) is 3.39. The van der Waals surface area contributed by atoms with Gasteiger partial charge in [0, 0.05) is 6.61 Å². The van der Waals surface area contributed by atoms with Gasteiger partial charge in [-0.2, -0.15) is 0 Å². The van der Waals surface area contributed by atoms with Gasteiger partial charge < -0.3 is 9.84 Å². The zero-order chi connectivity index (χ0) is 11.5. The first-order chi connectivity index (χ1) is 7.72. The Hall–Kier alpha value is -0.500. The molecule has 0 aromatic carbocycles. The van der Waals surface area contributed by atoms with E-state index in [1.807, 2.05) is 0 Å². The topological polar surface area (TPSA) is 29.5 Å². The lowest BCUT2D eigenvalue weighted by atomic mass is 9.67. The van der Waals surface area contributed by atoms with Crippen LogP contribution in [0.3, 0.4) is 0 Å². The molecule has 1 heterocycles. The van der Waals surface area contributed by atoms with Gasteiger partial charge in [0.25, 0.3) is 0 Å². The highest BCUT2D eigenvalue weighted by atomic mass is 16.5. The molecule has 0 radical (unpaired) electrons. The lowest BCUT2D eigenvalue weighted by Crippen LogP contribution is -2.35. The van der Waals surface area contributed by atoms with Gasteiger partial charge in [0.2, 0.25) is 0 Å². The summed E-state index contributed by atoms with van der Waals surface area (Å²) in [4.78, 5) is 0. The molecule has 92 valence electrons. The van der Waals surface area contributed by atoms with E-state index < -0.39 is 0 Å². The average molecular weight is 224 g/mol. The van der Waals surface area contributed by atoms with E-state index in [4.69, 9.17) is 4.74 Å². The van der Waals surface area contributed by atoms with Gasteiger partial charge in [0.1, 0.15) is 0 Å². The maximum Gasteiger partial charge on any atom is 0.0910 e. The monoisotopic (exact) mass is 224 g/mol. The summed E-state index contributed by atoms with van der Waals surface area (Å²) in [6, 6.07) is 0. The Labute approximate surface area is 98.7 Å². The molecular weight excluding hydrogens is 200 g/mol. The molecule has 2 rings (SSSR count). The molecule has 1 fully saturated rings. The second-order valence-electron chi connectivity index (χ2n) is 5.54. The minimum atomic E-state index is 0.320. The number of allylic oxidation sites excluding steroid dienone is 2. The molecule has 0 aromatic heterocycles. The minimum absolute atomic E-state index is 0.320. The molecule has 0 aromatic rings. The van der Waals surface area contributed by atoms with Crippen LogP contribution in [-0.2, 0) is 4.74 Å². The van der Waals surface area contributed by atoms with Crippen LogP contribution in [0.5, 0.6) is 0 Å². The molecule has 2 heteroatoms. The van der Waals surface area contributed by atoms with Crippen LogP contribution in [0.2, 0.25) is 0 Å². The van der Waals surface area contributed by atoms with Crippen LogP contribution in [0.4, 0.5) is 0 Å². The van der Waals surface area contributed by atoms with Crippen LogP contribution in [0, 0.1) is 23.7 Å². The van der Waals surface area contributed by atoms with E-state index in [1.165, 1.54) is 25.7 Å². The summed E-state index contributed by atoms with van der Waals surface area (Å²) in [6.45, 7) is 5.42. The summed E-state index contributed by atoms with van der Waals surface area (Å²) in [7, 11) is 0. The minimum Gasteiger partial charge on any atom is -0.498 e. The summed E-state index contributed by atoms with van der Waals surface area (Å²) in [5, 5.41) is 9.35. The molecule has 1 N–H and O–H groups in total. The first-order valence-electron chi connectivity index (χ1n) is 6.62. The Balaban J connectivity index is 2.07. The van der Waals surface area contributed by atoms with Crippen LogP contribution in [0.15, 0.2) is 11.8 Å². The number of aliphatic hydroxyl groups excluding tert-OH is 1. The third-order valence-electron chi connectivity index (χ3n) is 4.50. The van der Waals surface area contributed by atoms with Gasteiger partial charge >= 0.3 is 0 Å². The highest BCUT2D eigenvalue weighted by Gasteiger charge is 2.36. The fourth-order valence-corrected chi connectivity index (χ4v) is 3.39. The molecule has 3 unspecified atom stereocenters. The Kier molecular flexibility index (Phi) is 3.91. The maximum absolute atomic E-state index is 9.35. The van der Waals surface area contributed by atoms with Crippen molar-refractivity contribution in [2.75, 3.05) is 13.2 Å². The van der Waals surface area contributed by atoms with Gasteiger partial charge in [-0.25, -0.2) is 0 Å². The van der Waals surface area contributed by atoms with Crippen LogP contribution in [0.25, 0.3) is 0 Å². The van der Waals surface area contributed by atoms with Gasteiger partial charge in [-0.3, -0.25) is 0 Å². The molecule has 2 nitrogen and oxygen atoms in total. The highest BCUT2D eigenvalue weighted by Crippen LogP contribution is 2.42. The van der Waals surface area contributed by atoms with E-state index >= 15 is 0 Å². The highest BCUT2D eigenvalue weighted by molar-refractivity contribution is 4.97. The SMILES string of the molecule is CC1=CCC2CCCC([C@@H](C)CO)C2CO1. The zero-order valence-corrected chi connectivity index (χ0v) is 10.5. The molecular formula is C14H24O2. The number of fused-ring (bicyclic) bond motifs is 1. The predicted molar refractivity (Wildman–Crippen MR) is 64.9 cm³/mol. The summed E-state index contributed by atoms with van der Waals surface area (Å²) >= 11 is 0. The zero-order valence-electron chi connectivity index (χ0n) is 10.5. The van der Waals surface area contributed by atoms with Crippen LogP contribution in [0.1, 0.15) is 39.5 Å². The number of hydrogen-bond donors (Lipinski definition) is 1. The van der Waals surface area contributed by atoms with E-state index in [0.29, 0.717) is 24.4 Å². The van der Waals surface area contributed by atoms with Gasteiger partial charge in [0.15, 0.2) is 0 Å². The Morgan fingerprint density at radius 1 is 1.50 bits per heavy atom. The Morgan fingerprint density at radius 2 is 2.31 bits per heavy atom. The van der Waals surface area contributed by atoms with E-state index in [1.54, 1.807) is 0 Å². The van der Waals surface area contributed by atoms with E-state index in [2.05, 4.69) is 19.9 Å². The van der Waals surface area contributed by atoms with Crippen molar-refractivity contribution in [2.24, 2.45) is 23.7 Å². The first-order valence-corrected chi connectivity index (χ1v) is 6.62. The van der Waals surface area contributed by atoms with E-state index in [9.17, 15) is 5.11 Å². The van der Waals surface area contributed by atoms with E-state index in [0.717, 1.165) is 18.3 Å². The summed E-state index contributed by atoms with van der Waals surface area (Å²) < 4.78 is 5.78. The third-order valence-corrected chi connectivity index (χ3v) is 4.50. The predicted octanol–water partition coefficient (Wildman–Crippen LogP) is 2.97. The number of hydrogen-bond acceptors (Lipinski definition) is 2. The normalized spacial score (nSPS) is 36.7. The standard InChI is InChI=1S/C14H24O2/c1-10(8-15)13-5-3-4-12-7-6-11(2)16-9-14(12)13/h6,10,12-15H,3-5,7-9H2,1-2H3/t10-,12?,13?,14?/m0/s1. The molecule has 16 heavy (non-hydrogen) atoms.